The number of fused-ring (bicyclic) bond motifs is 1. The molecule has 0 amide bonds. The van der Waals surface area contributed by atoms with Crippen LogP contribution in [0.2, 0.25) is 5.02 Å². The van der Waals surface area contributed by atoms with Crippen LogP contribution in [-0.4, -0.2) is 31.9 Å². The SMILES string of the molecule is Bc1ccc(CC2CCC(NC3=CC(c4ccccc4Cl)=NC4=C(Br)C=NC34)CC2)cc1. The van der Waals surface area contributed by atoms with Crippen molar-refractivity contribution >= 4 is 52.8 Å². The largest absolute Gasteiger partial charge is 0.383 e. The highest BCUT2D eigenvalue weighted by atomic mass is 79.9. The molecule has 1 saturated carbocycles. The molecule has 2 aliphatic heterocycles. The van der Waals surface area contributed by atoms with E-state index in [4.69, 9.17) is 21.6 Å². The first kappa shape index (κ1) is 21.7. The van der Waals surface area contributed by atoms with Gasteiger partial charge in [0.15, 0.2) is 0 Å². The van der Waals surface area contributed by atoms with E-state index >= 15 is 0 Å². The predicted molar refractivity (Wildman–Crippen MR) is 142 cm³/mol. The summed E-state index contributed by atoms with van der Waals surface area (Å²) in [6, 6.07) is 17.3. The van der Waals surface area contributed by atoms with Crippen LogP contribution in [0.4, 0.5) is 0 Å². The molecule has 1 N–H and O–H groups in total. The van der Waals surface area contributed by atoms with E-state index in [1.165, 1.54) is 43.1 Å². The number of nitrogens with zero attached hydrogens (tertiary/aromatic N) is 2. The molecule has 2 aromatic carbocycles. The van der Waals surface area contributed by atoms with Crippen LogP contribution < -0.4 is 10.8 Å². The lowest BCUT2D eigenvalue weighted by atomic mass is 9.81. The van der Waals surface area contributed by atoms with Gasteiger partial charge in [0.2, 0.25) is 0 Å². The van der Waals surface area contributed by atoms with Gasteiger partial charge in [-0.2, -0.15) is 0 Å². The number of hydrogen-bond acceptors (Lipinski definition) is 3. The summed E-state index contributed by atoms with van der Waals surface area (Å²) in [5, 5.41) is 4.54. The molecule has 32 heavy (non-hydrogen) atoms. The van der Waals surface area contributed by atoms with Crippen molar-refractivity contribution in [1.82, 2.24) is 5.32 Å². The van der Waals surface area contributed by atoms with Gasteiger partial charge in [-0.1, -0.05) is 59.5 Å². The molecule has 162 valence electrons. The van der Waals surface area contributed by atoms with Crippen LogP contribution in [0.25, 0.3) is 0 Å². The first-order valence-electron chi connectivity index (χ1n) is 11.4. The van der Waals surface area contributed by atoms with E-state index in [1.807, 2.05) is 30.5 Å². The van der Waals surface area contributed by atoms with Crippen LogP contribution in [0.1, 0.15) is 36.8 Å². The Morgan fingerprint density at radius 1 is 1.03 bits per heavy atom. The number of dihydropyridines is 1. The van der Waals surface area contributed by atoms with Crippen molar-refractivity contribution in [3.8, 4) is 0 Å². The maximum atomic E-state index is 6.48. The minimum absolute atomic E-state index is 0.0547. The van der Waals surface area contributed by atoms with E-state index in [-0.39, 0.29) is 6.04 Å². The smallest absolute Gasteiger partial charge is 0.139 e. The van der Waals surface area contributed by atoms with Gasteiger partial charge in [-0.15, -0.1) is 0 Å². The van der Waals surface area contributed by atoms with Crippen molar-refractivity contribution in [3.05, 3.63) is 86.6 Å². The van der Waals surface area contributed by atoms with Gasteiger partial charge in [0, 0.05) is 28.5 Å². The average Bonchev–Trinajstić information content (AvgIpc) is 3.18. The Kier molecular flexibility index (Phi) is 6.39. The Morgan fingerprint density at radius 3 is 2.53 bits per heavy atom. The number of nitrogens with one attached hydrogen (secondary N) is 1. The molecule has 1 fully saturated rings. The van der Waals surface area contributed by atoms with Gasteiger partial charge < -0.3 is 5.32 Å². The molecule has 3 aliphatic rings. The van der Waals surface area contributed by atoms with Crippen molar-refractivity contribution < 1.29 is 0 Å². The number of halogens is 2. The number of rotatable bonds is 5. The van der Waals surface area contributed by atoms with Crippen molar-refractivity contribution in [2.24, 2.45) is 15.9 Å². The van der Waals surface area contributed by atoms with Crippen LogP contribution >= 0.6 is 27.5 Å². The lowest BCUT2D eigenvalue weighted by Gasteiger charge is -2.32. The van der Waals surface area contributed by atoms with E-state index in [1.54, 1.807) is 0 Å². The summed E-state index contributed by atoms with van der Waals surface area (Å²) in [6.45, 7) is 0. The predicted octanol–water partition coefficient (Wildman–Crippen LogP) is 4.74. The van der Waals surface area contributed by atoms with Gasteiger partial charge in [-0.05, 0) is 71.7 Å². The molecule has 2 heterocycles. The molecule has 0 aromatic heterocycles. The van der Waals surface area contributed by atoms with Crippen LogP contribution in [0, 0.1) is 5.92 Å². The molecule has 0 radical (unpaired) electrons. The first-order chi connectivity index (χ1) is 15.6. The molecule has 1 aliphatic carbocycles. The summed E-state index contributed by atoms with van der Waals surface area (Å²) in [6.07, 6.45) is 10.1. The second-order valence-corrected chi connectivity index (χ2v) is 10.3. The first-order valence-corrected chi connectivity index (χ1v) is 12.5. The minimum atomic E-state index is -0.0547. The maximum Gasteiger partial charge on any atom is 0.139 e. The normalized spacial score (nSPS) is 24.8. The molecule has 0 bridgehead atoms. The lowest BCUT2D eigenvalue weighted by molar-refractivity contribution is 0.300. The molecule has 0 saturated heterocycles. The summed E-state index contributed by atoms with van der Waals surface area (Å²) >= 11 is 10.1. The van der Waals surface area contributed by atoms with E-state index < -0.39 is 0 Å². The molecular formula is C26H26BBrClN3. The molecule has 1 atom stereocenters. The molecular weight excluding hydrogens is 480 g/mol. The van der Waals surface area contributed by atoms with Crippen LogP contribution in [0.5, 0.6) is 0 Å². The van der Waals surface area contributed by atoms with Gasteiger partial charge in [-0.25, -0.2) is 4.99 Å². The standard InChI is InChI=1S/C26H26BBrClN3/c27-18-9-5-16(6-10-18)13-17-7-11-19(12-8-17)31-24-14-23(20-3-1-2-4-22(20)29)32-25-21(28)15-30-26(24)25/h1-6,9-10,14-15,17,19,26,31H,7-8,11-13,27H2. The third kappa shape index (κ3) is 4.65. The zero-order valence-corrected chi connectivity index (χ0v) is 20.5. The van der Waals surface area contributed by atoms with Crippen molar-refractivity contribution in [2.45, 2.75) is 44.2 Å². The highest BCUT2D eigenvalue weighted by Crippen LogP contribution is 2.34. The molecule has 2 aromatic rings. The fourth-order valence-electron chi connectivity index (χ4n) is 4.87. The van der Waals surface area contributed by atoms with Crippen molar-refractivity contribution in [3.63, 3.8) is 0 Å². The Morgan fingerprint density at radius 2 is 1.78 bits per heavy atom. The third-order valence-corrected chi connectivity index (χ3v) is 7.62. The van der Waals surface area contributed by atoms with E-state index in [2.05, 4.69) is 59.4 Å². The molecule has 6 heteroatoms. The molecule has 0 spiro atoms. The van der Waals surface area contributed by atoms with Crippen molar-refractivity contribution in [1.29, 1.82) is 0 Å². The topological polar surface area (TPSA) is 36.8 Å². The number of allylic oxidation sites excluding steroid dienone is 2. The third-order valence-electron chi connectivity index (χ3n) is 6.68. The molecule has 3 nitrogen and oxygen atoms in total. The fraction of sp³-hybridized carbons (Fsp3) is 0.308. The summed E-state index contributed by atoms with van der Waals surface area (Å²) in [5.41, 5.74) is 6.71. The van der Waals surface area contributed by atoms with E-state index in [9.17, 15) is 0 Å². The second kappa shape index (κ2) is 9.40. The zero-order chi connectivity index (χ0) is 22.1. The fourth-order valence-corrected chi connectivity index (χ4v) is 5.53. The minimum Gasteiger partial charge on any atom is -0.383 e. The van der Waals surface area contributed by atoms with Gasteiger partial charge in [0.25, 0.3) is 0 Å². The van der Waals surface area contributed by atoms with Crippen LogP contribution in [0.3, 0.4) is 0 Å². The monoisotopic (exact) mass is 505 g/mol. The van der Waals surface area contributed by atoms with Gasteiger partial charge >= 0.3 is 0 Å². The number of aliphatic imine (C=N–C) groups is 2. The summed E-state index contributed by atoms with van der Waals surface area (Å²) < 4.78 is 0.946. The number of hydrogen-bond donors (Lipinski definition) is 1. The number of benzene rings is 2. The quantitative estimate of drug-likeness (QED) is 0.585. The molecule has 1 unspecified atom stereocenters. The Bertz CT molecular complexity index is 1130. The second-order valence-electron chi connectivity index (χ2n) is 9.04. The Labute approximate surface area is 204 Å². The summed E-state index contributed by atoms with van der Waals surface area (Å²) in [5.74, 6) is 0.769. The Hall–Kier alpha value is -2.11. The van der Waals surface area contributed by atoms with Gasteiger partial charge in [-0.3, -0.25) is 4.99 Å². The Balaban J connectivity index is 1.28. The van der Waals surface area contributed by atoms with Crippen LogP contribution in [0.15, 0.2) is 80.5 Å². The maximum absolute atomic E-state index is 6.48. The van der Waals surface area contributed by atoms with Gasteiger partial charge in [0.05, 0.1) is 15.9 Å². The molecule has 5 rings (SSSR count). The summed E-state index contributed by atoms with van der Waals surface area (Å²) in [4.78, 5) is 9.59. The van der Waals surface area contributed by atoms with E-state index in [0.29, 0.717) is 11.1 Å². The van der Waals surface area contributed by atoms with Gasteiger partial charge in [0.1, 0.15) is 13.9 Å². The van der Waals surface area contributed by atoms with Crippen LogP contribution in [-0.2, 0) is 6.42 Å². The highest BCUT2D eigenvalue weighted by Gasteiger charge is 2.31. The lowest BCUT2D eigenvalue weighted by Crippen LogP contribution is -2.37. The summed E-state index contributed by atoms with van der Waals surface area (Å²) in [7, 11) is 2.15. The average molecular weight is 507 g/mol. The van der Waals surface area contributed by atoms with Crippen molar-refractivity contribution in [2.75, 3.05) is 0 Å². The highest BCUT2D eigenvalue weighted by molar-refractivity contribution is 9.12. The zero-order valence-electron chi connectivity index (χ0n) is 18.2. The van der Waals surface area contributed by atoms with E-state index in [0.717, 1.165) is 33.1 Å².